The van der Waals surface area contributed by atoms with E-state index in [2.05, 4.69) is 20.3 Å². The largest absolute Gasteiger partial charge is 0.497 e. The Morgan fingerprint density at radius 2 is 1.71 bits per heavy atom. The second-order valence-corrected chi connectivity index (χ2v) is 10.3. The first-order chi connectivity index (χ1) is 16.3. The minimum atomic E-state index is -3.60. The van der Waals surface area contributed by atoms with Crippen LogP contribution < -0.4 is 20.1 Å². The smallest absolute Gasteiger partial charge is 0.242 e. The maximum absolute atomic E-state index is 12.6. The topological polar surface area (TPSA) is 126 Å². The minimum absolute atomic E-state index is 0.135. The fraction of sp³-hybridized carbons (Fsp3) is 0.458. The van der Waals surface area contributed by atoms with Crippen molar-refractivity contribution < 1.29 is 22.7 Å². The number of hydrogen-bond acceptors (Lipinski definition) is 6. The normalized spacial score (nSPS) is 19.1. The highest BCUT2D eigenvalue weighted by Gasteiger charge is 2.29. The van der Waals surface area contributed by atoms with Crippen LogP contribution in [0.5, 0.6) is 5.75 Å². The number of methoxy groups -OCH3 is 1. The monoisotopic (exact) mass is 488 g/mol. The molecule has 3 N–H and O–H groups in total. The lowest BCUT2D eigenvalue weighted by molar-refractivity contribution is -0.131. The molecular weight excluding hydrogens is 456 g/mol. The summed E-state index contributed by atoms with van der Waals surface area (Å²) in [6.45, 7) is 2.37. The molecule has 1 aliphatic rings. The van der Waals surface area contributed by atoms with Gasteiger partial charge in [0.1, 0.15) is 11.8 Å². The van der Waals surface area contributed by atoms with Crippen LogP contribution in [0.3, 0.4) is 0 Å². The number of nitrogens with one attached hydrogen (secondary N) is 3. The molecule has 2 aromatic rings. The second kappa shape index (κ2) is 11.9. The lowest BCUT2D eigenvalue weighted by Gasteiger charge is -2.28. The Balaban J connectivity index is 1.39. The summed E-state index contributed by atoms with van der Waals surface area (Å²) in [5, 5.41) is 5.61. The third-order valence-corrected chi connectivity index (χ3v) is 7.56. The number of rotatable bonds is 10. The Morgan fingerprint density at radius 1 is 1.06 bits per heavy atom. The molecule has 1 aromatic carbocycles. The predicted octanol–water partition coefficient (Wildman–Crippen LogP) is 2.00. The summed E-state index contributed by atoms with van der Waals surface area (Å²) in [6, 6.07) is 9.24. The summed E-state index contributed by atoms with van der Waals surface area (Å²) in [5.41, 5.74) is 0.933. The number of aromatic nitrogens is 1. The highest BCUT2D eigenvalue weighted by atomic mass is 32.2. The molecule has 1 unspecified atom stereocenters. The highest BCUT2D eigenvalue weighted by Crippen LogP contribution is 2.29. The number of ether oxygens (including phenoxy) is 1. The summed E-state index contributed by atoms with van der Waals surface area (Å²) in [5.74, 6) is 0.203. The third kappa shape index (κ3) is 7.26. The Labute approximate surface area is 200 Å². The van der Waals surface area contributed by atoms with Crippen molar-refractivity contribution >= 4 is 21.8 Å². The van der Waals surface area contributed by atoms with Gasteiger partial charge in [-0.3, -0.25) is 14.6 Å². The molecule has 1 aromatic heterocycles. The highest BCUT2D eigenvalue weighted by molar-refractivity contribution is 7.89. The molecule has 1 aliphatic carbocycles. The molecule has 3 rings (SSSR count). The van der Waals surface area contributed by atoms with Gasteiger partial charge < -0.3 is 15.4 Å². The van der Waals surface area contributed by atoms with E-state index >= 15 is 0 Å². The molecule has 0 bridgehead atoms. The number of carbonyl (C=O) groups is 2. The molecular formula is C24H32N4O5S. The van der Waals surface area contributed by atoms with E-state index in [-0.39, 0.29) is 28.5 Å². The van der Waals surface area contributed by atoms with Crippen molar-refractivity contribution in [2.24, 2.45) is 11.8 Å². The van der Waals surface area contributed by atoms with Crippen molar-refractivity contribution in [3.63, 3.8) is 0 Å². The number of sulfonamides is 1. The van der Waals surface area contributed by atoms with Crippen LogP contribution in [0.1, 0.15) is 38.2 Å². The quantitative estimate of drug-likeness (QED) is 0.470. The third-order valence-electron chi connectivity index (χ3n) is 6.12. The van der Waals surface area contributed by atoms with Crippen LogP contribution in [-0.4, -0.2) is 44.9 Å². The van der Waals surface area contributed by atoms with Gasteiger partial charge in [0.15, 0.2) is 0 Å². The summed E-state index contributed by atoms with van der Waals surface area (Å²) < 4.78 is 32.8. The fourth-order valence-corrected chi connectivity index (χ4v) is 5.05. The van der Waals surface area contributed by atoms with Crippen molar-refractivity contribution in [1.29, 1.82) is 0 Å². The zero-order valence-corrected chi connectivity index (χ0v) is 20.3. The van der Waals surface area contributed by atoms with E-state index in [9.17, 15) is 18.0 Å². The fourth-order valence-electron chi connectivity index (χ4n) is 3.93. The average molecular weight is 489 g/mol. The number of benzene rings is 1. The number of nitrogens with zero attached hydrogens (tertiary/aromatic N) is 1. The van der Waals surface area contributed by atoms with E-state index in [0.717, 1.165) is 18.4 Å². The van der Waals surface area contributed by atoms with Gasteiger partial charge >= 0.3 is 0 Å². The van der Waals surface area contributed by atoms with E-state index in [4.69, 9.17) is 4.74 Å². The van der Waals surface area contributed by atoms with E-state index in [1.165, 1.54) is 19.2 Å². The van der Waals surface area contributed by atoms with Crippen LogP contribution in [0.2, 0.25) is 0 Å². The van der Waals surface area contributed by atoms with Gasteiger partial charge in [-0.25, -0.2) is 13.1 Å². The first-order valence-electron chi connectivity index (χ1n) is 11.4. The van der Waals surface area contributed by atoms with Crippen LogP contribution in [0.25, 0.3) is 0 Å². The number of pyridine rings is 1. The van der Waals surface area contributed by atoms with Crippen LogP contribution in [0, 0.1) is 11.8 Å². The molecule has 0 radical (unpaired) electrons. The molecule has 0 saturated heterocycles. The second-order valence-electron chi connectivity index (χ2n) is 8.55. The van der Waals surface area contributed by atoms with E-state index in [1.807, 2.05) is 12.1 Å². The van der Waals surface area contributed by atoms with Crippen LogP contribution in [0.4, 0.5) is 0 Å². The lowest BCUT2D eigenvalue weighted by atomic mass is 9.81. The molecule has 1 fully saturated rings. The van der Waals surface area contributed by atoms with Gasteiger partial charge in [-0.05, 0) is 80.5 Å². The lowest BCUT2D eigenvalue weighted by Crippen LogP contribution is -2.47. The van der Waals surface area contributed by atoms with Crippen LogP contribution >= 0.6 is 0 Å². The van der Waals surface area contributed by atoms with Gasteiger partial charge in [-0.15, -0.1) is 0 Å². The average Bonchev–Trinajstić information content (AvgIpc) is 2.87. The van der Waals surface area contributed by atoms with Gasteiger partial charge in [0.05, 0.1) is 12.0 Å². The minimum Gasteiger partial charge on any atom is -0.497 e. The molecule has 1 atom stereocenters. The van der Waals surface area contributed by atoms with Gasteiger partial charge in [-0.2, -0.15) is 0 Å². The van der Waals surface area contributed by atoms with Crippen molar-refractivity contribution in [3.05, 3.63) is 54.4 Å². The van der Waals surface area contributed by atoms with Gasteiger partial charge in [-0.1, -0.05) is 0 Å². The van der Waals surface area contributed by atoms with Crippen molar-refractivity contribution in [2.45, 2.75) is 50.1 Å². The number of hydrogen-bond donors (Lipinski definition) is 3. The van der Waals surface area contributed by atoms with Crippen molar-refractivity contribution in [2.75, 3.05) is 13.7 Å². The van der Waals surface area contributed by atoms with Crippen LogP contribution in [-0.2, 0) is 26.2 Å². The Kier molecular flexibility index (Phi) is 9.00. The molecule has 9 nitrogen and oxygen atoms in total. The molecule has 1 saturated carbocycles. The molecule has 34 heavy (non-hydrogen) atoms. The van der Waals surface area contributed by atoms with E-state index < -0.39 is 16.1 Å². The van der Waals surface area contributed by atoms with Crippen LogP contribution in [0.15, 0.2) is 53.7 Å². The van der Waals surface area contributed by atoms with E-state index in [0.29, 0.717) is 31.7 Å². The summed E-state index contributed by atoms with van der Waals surface area (Å²) in [4.78, 5) is 29.1. The molecule has 10 heteroatoms. The predicted molar refractivity (Wildman–Crippen MR) is 127 cm³/mol. The molecule has 0 spiro atoms. The zero-order chi connectivity index (χ0) is 24.6. The Bertz CT molecular complexity index is 1050. The summed E-state index contributed by atoms with van der Waals surface area (Å²) >= 11 is 0. The SMILES string of the molecule is COc1ccc(S(=O)(=O)NCC2CCC(C(=O)NC(C)C(=O)NCc3ccncc3)CC2)cc1. The Morgan fingerprint density at radius 3 is 2.32 bits per heavy atom. The van der Waals surface area contributed by atoms with Gasteiger partial charge in [0, 0.05) is 31.4 Å². The van der Waals surface area contributed by atoms with Crippen molar-refractivity contribution in [3.8, 4) is 5.75 Å². The molecule has 0 aliphatic heterocycles. The molecule has 184 valence electrons. The first-order valence-corrected chi connectivity index (χ1v) is 12.9. The van der Waals surface area contributed by atoms with E-state index in [1.54, 1.807) is 31.5 Å². The Hall–Kier alpha value is -2.98. The summed E-state index contributed by atoms with van der Waals surface area (Å²) in [7, 11) is -2.07. The number of amides is 2. The molecule has 1 heterocycles. The van der Waals surface area contributed by atoms with Gasteiger partial charge in [0.2, 0.25) is 21.8 Å². The maximum atomic E-state index is 12.6. The zero-order valence-electron chi connectivity index (χ0n) is 19.5. The van der Waals surface area contributed by atoms with Gasteiger partial charge in [0.25, 0.3) is 0 Å². The standard InChI is InChI=1S/C24H32N4O5S/c1-17(23(29)26-15-19-11-13-25-14-12-19)28-24(30)20-5-3-18(4-6-20)16-27-34(31,32)22-9-7-21(33-2)8-10-22/h7-14,17-18,20,27H,3-6,15-16H2,1-2H3,(H,26,29)(H,28,30). The maximum Gasteiger partial charge on any atom is 0.242 e. The van der Waals surface area contributed by atoms with Crippen molar-refractivity contribution in [1.82, 2.24) is 20.3 Å². The first kappa shape index (κ1) is 25.6. The molecule has 2 amide bonds. The summed E-state index contributed by atoms with van der Waals surface area (Å²) in [6.07, 6.45) is 6.12. The number of carbonyl (C=O) groups excluding carboxylic acids is 2.